The first-order chi connectivity index (χ1) is 15.5. The molecule has 3 rings (SSSR count). The van der Waals surface area contributed by atoms with Crippen molar-refractivity contribution >= 4 is 11.9 Å². The maximum atomic E-state index is 12.0. The number of amides is 1. The molecule has 0 unspecified atom stereocenters. The Kier molecular flexibility index (Phi) is 8.20. The largest absolute Gasteiger partial charge is 0.473 e. The smallest absolute Gasteiger partial charge is 0.253 e. The van der Waals surface area contributed by atoms with Gasteiger partial charge in [-0.15, -0.1) is 0 Å². The Morgan fingerprint density at radius 3 is 2.28 bits per heavy atom. The van der Waals surface area contributed by atoms with Crippen molar-refractivity contribution in [3.63, 3.8) is 0 Å². The quantitative estimate of drug-likeness (QED) is 0.423. The number of aromatic nitrogens is 1. The zero-order valence-corrected chi connectivity index (χ0v) is 18.7. The number of aliphatic imine (C=N–C) groups is 1. The number of hydrogen-bond acceptors (Lipinski definition) is 4. The predicted octanol–water partition coefficient (Wildman–Crippen LogP) is 3.23. The van der Waals surface area contributed by atoms with Gasteiger partial charge in [-0.2, -0.15) is 0 Å². The molecule has 2 aromatic carbocycles. The Morgan fingerprint density at radius 1 is 0.938 bits per heavy atom. The maximum Gasteiger partial charge on any atom is 0.253 e. The second kappa shape index (κ2) is 11.5. The standard InChI is InChI=1S/C25H29N5O2/c1-26-25(28-16-19-9-11-22(12-10-19)24(31)30(2)3)29-17-21-13-14-27-23(15-21)32-18-20-7-5-4-6-8-20/h4-15H,16-18H2,1-3H3,(H2,26,28,29). The fraction of sp³-hybridized carbons (Fsp3) is 0.240. The van der Waals surface area contributed by atoms with Crippen molar-refractivity contribution in [2.45, 2.75) is 19.7 Å². The Morgan fingerprint density at radius 2 is 1.62 bits per heavy atom. The van der Waals surface area contributed by atoms with E-state index in [4.69, 9.17) is 4.74 Å². The van der Waals surface area contributed by atoms with Crippen LogP contribution in [0.4, 0.5) is 0 Å². The lowest BCUT2D eigenvalue weighted by molar-refractivity contribution is 0.0827. The van der Waals surface area contributed by atoms with E-state index in [2.05, 4.69) is 20.6 Å². The van der Waals surface area contributed by atoms with Crippen LogP contribution in [0.1, 0.15) is 27.0 Å². The first-order valence-corrected chi connectivity index (χ1v) is 10.4. The summed E-state index contributed by atoms with van der Waals surface area (Å²) >= 11 is 0. The number of rotatable bonds is 8. The van der Waals surface area contributed by atoms with Crippen molar-refractivity contribution in [3.05, 3.63) is 95.2 Å². The van der Waals surface area contributed by atoms with Crippen LogP contribution in [0.25, 0.3) is 0 Å². The van der Waals surface area contributed by atoms with Gasteiger partial charge in [0.05, 0.1) is 0 Å². The monoisotopic (exact) mass is 431 g/mol. The Labute approximate surface area is 189 Å². The van der Waals surface area contributed by atoms with Crippen molar-refractivity contribution in [2.75, 3.05) is 21.1 Å². The molecule has 0 radical (unpaired) electrons. The van der Waals surface area contributed by atoms with Crippen molar-refractivity contribution in [1.29, 1.82) is 0 Å². The van der Waals surface area contributed by atoms with Crippen molar-refractivity contribution in [2.24, 2.45) is 4.99 Å². The average molecular weight is 432 g/mol. The minimum atomic E-state index is -0.00791. The molecule has 0 aliphatic carbocycles. The highest BCUT2D eigenvalue weighted by Gasteiger charge is 2.07. The highest BCUT2D eigenvalue weighted by Crippen LogP contribution is 2.12. The summed E-state index contributed by atoms with van der Waals surface area (Å²) < 4.78 is 5.80. The zero-order valence-electron chi connectivity index (χ0n) is 18.7. The third-order valence-electron chi connectivity index (χ3n) is 4.78. The van der Waals surface area contributed by atoms with E-state index in [0.29, 0.717) is 37.1 Å². The van der Waals surface area contributed by atoms with Crippen LogP contribution < -0.4 is 15.4 Å². The molecular formula is C25H29N5O2. The SMILES string of the molecule is CN=C(NCc1ccc(C(=O)N(C)C)cc1)NCc1ccnc(OCc2ccccc2)c1. The van der Waals surface area contributed by atoms with E-state index in [0.717, 1.165) is 16.7 Å². The van der Waals surface area contributed by atoms with Gasteiger partial charge in [0.15, 0.2) is 5.96 Å². The molecule has 0 atom stereocenters. The molecule has 1 aromatic heterocycles. The normalized spacial score (nSPS) is 11.0. The minimum Gasteiger partial charge on any atom is -0.473 e. The topological polar surface area (TPSA) is 78.9 Å². The van der Waals surface area contributed by atoms with Gasteiger partial charge in [0.25, 0.3) is 5.91 Å². The lowest BCUT2D eigenvalue weighted by Gasteiger charge is -2.13. The van der Waals surface area contributed by atoms with E-state index in [9.17, 15) is 4.79 Å². The molecule has 0 saturated carbocycles. The van der Waals surface area contributed by atoms with Crippen LogP contribution in [-0.2, 0) is 19.7 Å². The van der Waals surface area contributed by atoms with Crippen LogP contribution in [0.5, 0.6) is 5.88 Å². The first-order valence-electron chi connectivity index (χ1n) is 10.4. The van der Waals surface area contributed by atoms with Crippen LogP contribution in [0.3, 0.4) is 0 Å². The number of carbonyl (C=O) groups excluding carboxylic acids is 1. The number of nitrogens with zero attached hydrogens (tertiary/aromatic N) is 3. The summed E-state index contributed by atoms with van der Waals surface area (Å²) in [5.74, 6) is 1.26. The van der Waals surface area contributed by atoms with Crippen LogP contribution in [0.15, 0.2) is 77.9 Å². The van der Waals surface area contributed by atoms with E-state index < -0.39 is 0 Å². The number of guanidine groups is 1. The number of benzene rings is 2. The number of nitrogens with one attached hydrogen (secondary N) is 2. The van der Waals surface area contributed by atoms with Gasteiger partial charge in [0, 0.05) is 52.1 Å². The van der Waals surface area contributed by atoms with Crippen LogP contribution in [0, 0.1) is 0 Å². The van der Waals surface area contributed by atoms with Gasteiger partial charge in [-0.25, -0.2) is 4.98 Å². The minimum absolute atomic E-state index is 0.00791. The zero-order chi connectivity index (χ0) is 22.8. The van der Waals surface area contributed by atoms with E-state index in [1.54, 1.807) is 32.2 Å². The molecule has 0 saturated heterocycles. The molecule has 7 heteroatoms. The van der Waals surface area contributed by atoms with Crippen molar-refractivity contribution in [1.82, 2.24) is 20.5 Å². The van der Waals surface area contributed by atoms with Gasteiger partial charge >= 0.3 is 0 Å². The number of ether oxygens (including phenoxy) is 1. The molecule has 2 N–H and O–H groups in total. The van der Waals surface area contributed by atoms with Gasteiger partial charge in [-0.05, 0) is 34.9 Å². The van der Waals surface area contributed by atoms with E-state index in [1.165, 1.54) is 0 Å². The van der Waals surface area contributed by atoms with Crippen LogP contribution in [0.2, 0.25) is 0 Å². The summed E-state index contributed by atoms with van der Waals surface area (Å²) in [4.78, 5) is 22.1. The highest BCUT2D eigenvalue weighted by atomic mass is 16.5. The van der Waals surface area contributed by atoms with Crippen LogP contribution >= 0.6 is 0 Å². The lowest BCUT2D eigenvalue weighted by Crippen LogP contribution is -2.36. The van der Waals surface area contributed by atoms with E-state index in [1.807, 2.05) is 66.7 Å². The lowest BCUT2D eigenvalue weighted by atomic mass is 10.1. The van der Waals surface area contributed by atoms with Gasteiger partial charge in [-0.1, -0.05) is 42.5 Å². The molecule has 0 aliphatic rings. The third kappa shape index (κ3) is 6.84. The molecule has 3 aromatic rings. The molecule has 32 heavy (non-hydrogen) atoms. The second-order valence-electron chi connectivity index (χ2n) is 7.45. The summed E-state index contributed by atoms with van der Waals surface area (Å²) in [6.07, 6.45) is 1.74. The summed E-state index contributed by atoms with van der Waals surface area (Å²) in [6, 6.07) is 21.4. The molecule has 1 amide bonds. The number of pyridine rings is 1. The highest BCUT2D eigenvalue weighted by molar-refractivity contribution is 5.93. The molecule has 7 nitrogen and oxygen atoms in total. The fourth-order valence-corrected chi connectivity index (χ4v) is 2.99. The van der Waals surface area contributed by atoms with E-state index >= 15 is 0 Å². The van der Waals surface area contributed by atoms with Crippen molar-refractivity contribution in [3.8, 4) is 5.88 Å². The average Bonchev–Trinajstić information content (AvgIpc) is 2.83. The van der Waals surface area contributed by atoms with Crippen molar-refractivity contribution < 1.29 is 9.53 Å². The van der Waals surface area contributed by atoms with Gasteiger partial charge in [0.2, 0.25) is 5.88 Å². The van der Waals surface area contributed by atoms with E-state index in [-0.39, 0.29) is 5.91 Å². The maximum absolute atomic E-state index is 12.0. The number of carbonyl (C=O) groups is 1. The molecular weight excluding hydrogens is 402 g/mol. The molecule has 0 fully saturated rings. The Bertz CT molecular complexity index is 1030. The van der Waals surface area contributed by atoms with Gasteiger partial charge in [-0.3, -0.25) is 9.79 Å². The number of hydrogen-bond donors (Lipinski definition) is 2. The van der Waals surface area contributed by atoms with Gasteiger partial charge < -0.3 is 20.3 Å². The molecule has 0 spiro atoms. The summed E-state index contributed by atoms with van der Waals surface area (Å²) in [5, 5.41) is 6.58. The predicted molar refractivity (Wildman–Crippen MR) is 127 cm³/mol. The third-order valence-corrected chi connectivity index (χ3v) is 4.78. The summed E-state index contributed by atoms with van der Waals surface area (Å²) in [5.41, 5.74) is 3.87. The van der Waals surface area contributed by atoms with Gasteiger partial charge in [0.1, 0.15) is 6.61 Å². The fourth-order valence-electron chi connectivity index (χ4n) is 2.99. The Hall–Kier alpha value is -3.87. The molecule has 0 aliphatic heterocycles. The molecule has 0 bridgehead atoms. The second-order valence-corrected chi connectivity index (χ2v) is 7.45. The molecule has 166 valence electrons. The van der Waals surface area contributed by atoms with Crippen LogP contribution in [-0.4, -0.2) is 42.9 Å². The summed E-state index contributed by atoms with van der Waals surface area (Å²) in [7, 11) is 5.22. The summed E-state index contributed by atoms with van der Waals surface area (Å²) in [6.45, 7) is 1.66. The Balaban J connectivity index is 1.48. The molecule has 1 heterocycles. The first kappa shape index (κ1) is 22.8.